The molecule has 0 saturated heterocycles. The van der Waals surface area contributed by atoms with Gasteiger partial charge >= 0.3 is 0 Å². The molecule has 3 rings (SSSR count). The summed E-state index contributed by atoms with van der Waals surface area (Å²) in [6, 6.07) is 12.5. The zero-order valence-corrected chi connectivity index (χ0v) is 13.6. The maximum atomic E-state index is 12.4. The Morgan fingerprint density at radius 3 is 2.75 bits per heavy atom. The van der Waals surface area contributed by atoms with Crippen LogP contribution in [-0.4, -0.2) is 36.4 Å². The van der Waals surface area contributed by atoms with Crippen LogP contribution in [0.25, 0.3) is 10.8 Å². The van der Waals surface area contributed by atoms with Gasteiger partial charge in [0.25, 0.3) is 11.5 Å². The summed E-state index contributed by atoms with van der Waals surface area (Å²) in [4.78, 5) is 29.1. The number of aromatic nitrogens is 1. The lowest BCUT2D eigenvalue weighted by atomic mass is 10.1. The Morgan fingerprint density at radius 2 is 2.04 bits per heavy atom. The molecule has 0 radical (unpaired) electrons. The van der Waals surface area contributed by atoms with Crippen LogP contribution in [0.1, 0.15) is 22.3 Å². The monoisotopic (exact) mass is 325 g/mol. The maximum Gasteiger partial charge on any atom is 0.267 e. The van der Waals surface area contributed by atoms with E-state index in [2.05, 4.69) is 10.3 Å². The Bertz CT molecular complexity index is 897. The van der Waals surface area contributed by atoms with Crippen LogP contribution in [0.5, 0.6) is 0 Å². The molecule has 3 aromatic rings. The highest BCUT2D eigenvalue weighted by atomic mass is 16.3. The van der Waals surface area contributed by atoms with Gasteiger partial charge in [0.2, 0.25) is 0 Å². The van der Waals surface area contributed by atoms with Gasteiger partial charge in [0.15, 0.2) is 0 Å². The molecule has 0 bridgehead atoms. The van der Waals surface area contributed by atoms with Crippen molar-refractivity contribution >= 4 is 16.7 Å². The lowest BCUT2D eigenvalue weighted by Crippen LogP contribution is -2.35. The van der Waals surface area contributed by atoms with Crippen LogP contribution < -0.4 is 10.9 Å². The molecule has 124 valence electrons. The highest BCUT2D eigenvalue weighted by Gasteiger charge is 2.18. The molecule has 6 nitrogen and oxygen atoms in total. The van der Waals surface area contributed by atoms with Crippen molar-refractivity contribution < 1.29 is 9.21 Å². The molecular formula is C18H19N3O3. The Morgan fingerprint density at radius 1 is 1.25 bits per heavy atom. The minimum atomic E-state index is -0.323. The third-order valence-electron chi connectivity index (χ3n) is 3.95. The smallest absolute Gasteiger partial charge is 0.267 e. The van der Waals surface area contributed by atoms with Gasteiger partial charge in [-0.15, -0.1) is 0 Å². The van der Waals surface area contributed by atoms with E-state index in [4.69, 9.17) is 4.42 Å². The third-order valence-corrected chi connectivity index (χ3v) is 3.95. The summed E-state index contributed by atoms with van der Waals surface area (Å²) in [5.74, 6) is 0.448. The summed E-state index contributed by atoms with van der Waals surface area (Å²) in [6.45, 7) is 0.369. The Kier molecular flexibility index (Phi) is 4.48. The molecule has 2 N–H and O–H groups in total. The molecule has 24 heavy (non-hydrogen) atoms. The van der Waals surface area contributed by atoms with Crippen molar-refractivity contribution in [3.63, 3.8) is 0 Å². The predicted molar refractivity (Wildman–Crippen MR) is 92.0 cm³/mol. The average Bonchev–Trinajstić information content (AvgIpc) is 3.08. The van der Waals surface area contributed by atoms with Crippen LogP contribution in [0, 0.1) is 0 Å². The first-order valence-corrected chi connectivity index (χ1v) is 7.66. The number of likely N-dealkylation sites (N-methyl/N-ethyl adjacent to an activating group) is 1. The molecule has 1 atom stereocenters. The van der Waals surface area contributed by atoms with E-state index in [1.165, 1.54) is 0 Å². The first kappa shape index (κ1) is 16.0. The second-order valence-corrected chi connectivity index (χ2v) is 5.80. The average molecular weight is 325 g/mol. The number of nitrogens with one attached hydrogen (secondary N) is 2. The van der Waals surface area contributed by atoms with Crippen molar-refractivity contribution in [1.82, 2.24) is 15.2 Å². The predicted octanol–water partition coefficient (Wildman–Crippen LogP) is 2.15. The van der Waals surface area contributed by atoms with Crippen molar-refractivity contribution in [3.8, 4) is 0 Å². The molecule has 0 aliphatic rings. The van der Waals surface area contributed by atoms with Crippen LogP contribution >= 0.6 is 0 Å². The van der Waals surface area contributed by atoms with Crippen molar-refractivity contribution in [1.29, 1.82) is 0 Å². The van der Waals surface area contributed by atoms with E-state index in [0.29, 0.717) is 11.9 Å². The summed E-state index contributed by atoms with van der Waals surface area (Å²) in [5.41, 5.74) is -0.0240. The first-order valence-electron chi connectivity index (χ1n) is 7.66. The number of furan rings is 1. The fourth-order valence-electron chi connectivity index (χ4n) is 2.64. The fraction of sp³-hybridized carbons (Fsp3) is 0.222. The van der Waals surface area contributed by atoms with E-state index in [0.717, 1.165) is 11.1 Å². The lowest BCUT2D eigenvalue weighted by Gasteiger charge is -2.22. The number of rotatable bonds is 5. The minimum Gasteiger partial charge on any atom is -0.468 e. The second kappa shape index (κ2) is 6.72. The van der Waals surface area contributed by atoms with Gasteiger partial charge < -0.3 is 14.7 Å². The molecule has 0 aliphatic heterocycles. The molecule has 0 aliphatic carbocycles. The molecule has 0 spiro atoms. The molecule has 1 unspecified atom stereocenters. The first-order chi connectivity index (χ1) is 11.6. The molecule has 2 aromatic heterocycles. The summed E-state index contributed by atoms with van der Waals surface area (Å²) >= 11 is 0. The molecule has 0 fully saturated rings. The number of hydrogen-bond acceptors (Lipinski definition) is 4. The van der Waals surface area contributed by atoms with E-state index in [-0.39, 0.29) is 23.2 Å². The quantitative estimate of drug-likeness (QED) is 0.753. The van der Waals surface area contributed by atoms with Crippen molar-refractivity contribution in [2.75, 3.05) is 20.6 Å². The van der Waals surface area contributed by atoms with Gasteiger partial charge in [-0.25, -0.2) is 0 Å². The minimum absolute atomic E-state index is 0.0869. The second-order valence-electron chi connectivity index (χ2n) is 5.80. The van der Waals surface area contributed by atoms with E-state index in [1.54, 1.807) is 24.5 Å². The number of hydrogen-bond donors (Lipinski definition) is 2. The molecule has 1 aromatic carbocycles. The Hall–Kier alpha value is -2.86. The number of aromatic amines is 1. The van der Waals surface area contributed by atoms with E-state index in [9.17, 15) is 9.59 Å². The summed E-state index contributed by atoms with van der Waals surface area (Å²) in [7, 11) is 3.83. The van der Waals surface area contributed by atoms with Gasteiger partial charge in [-0.2, -0.15) is 0 Å². The van der Waals surface area contributed by atoms with Crippen molar-refractivity contribution in [3.05, 3.63) is 70.5 Å². The van der Waals surface area contributed by atoms with Crippen molar-refractivity contribution in [2.24, 2.45) is 0 Å². The van der Waals surface area contributed by atoms with Crippen LogP contribution in [0.2, 0.25) is 0 Å². The number of amides is 1. The lowest BCUT2D eigenvalue weighted by molar-refractivity contribution is 0.0934. The third kappa shape index (κ3) is 3.23. The number of pyridine rings is 1. The largest absolute Gasteiger partial charge is 0.468 e. The van der Waals surface area contributed by atoms with Crippen LogP contribution in [-0.2, 0) is 0 Å². The highest BCUT2D eigenvalue weighted by Crippen LogP contribution is 2.17. The zero-order chi connectivity index (χ0) is 17.1. The van der Waals surface area contributed by atoms with Gasteiger partial charge in [0, 0.05) is 11.9 Å². The SMILES string of the molecule is CN(C)C(CNC(=O)c1cc2ccccc2c(=O)[nH]1)c1ccco1. The van der Waals surface area contributed by atoms with Gasteiger partial charge in [-0.1, -0.05) is 18.2 Å². The van der Waals surface area contributed by atoms with Crippen LogP contribution in [0.15, 0.2) is 57.9 Å². The molecular weight excluding hydrogens is 306 g/mol. The summed E-state index contributed by atoms with van der Waals surface area (Å²) in [5, 5.41) is 4.15. The van der Waals surface area contributed by atoms with Gasteiger partial charge in [0.1, 0.15) is 11.5 Å². The molecule has 2 heterocycles. The van der Waals surface area contributed by atoms with Gasteiger partial charge in [0.05, 0.1) is 12.3 Å². The van der Waals surface area contributed by atoms with E-state index < -0.39 is 0 Å². The molecule has 1 amide bonds. The molecule has 6 heteroatoms. The Labute approximate surface area is 139 Å². The van der Waals surface area contributed by atoms with Crippen LogP contribution in [0.4, 0.5) is 0 Å². The Balaban J connectivity index is 1.79. The van der Waals surface area contributed by atoms with Crippen LogP contribution in [0.3, 0.4) is 0 Å². The highest BCUT2D eigenvalue weighted by molar-refractivity contribution is 5.96. The number of fused-ring (bicyclic) bond motifs is 1. The number of H-pyrrole nitrogens is 1. The van der Waals surface area contributed by atoms with Crippen molar-refractivity contribution in [2.45, 2.75) is 6.04 Å². The fourth-order valence-corrected chi connectivity index (χ4v) is 2.64. The van der Waals surface area contributed by atoms with Gasteiger partial charge in [-0.3, -0.25) is 14.5 Å². The number of benzene rings is 1. The zero-order valence-electron chi connectivity index (χ0n) is 13.6. The topological polar surface area (TPSA) is 78.3 Å². The standard InChI is InChI=1S/C18H19N3O3/c1-21(2)15(16-8-5-9-24-16)11-19-18(23)14-10-12-6-3-4-7-13(12)17(22)20-14/h3-10,15H,11H2,1-2H3,(H,19,23)(H,20,22). The number of nitrogens with zero attached hydrogens (tertiary/aromatic N) is 1. The number of carbonyl (C=O) groups excluding carboxylic acids is 1. The summed E-state index contributed by atoms with van der Waals surface area (Å²) in [6.07, 6.45) is 1.61. The van der Waals surface area contributed by atoms with E-state index in [1.807, 2.05) is 43.3 Å². The van der Waals surface area contributed by atoms with Gasteiger partial charge in [-0.05, 0) is 43.7 Å². The molecule has 0 saturated carbocycles. The maximum absolute atomic E-state index is 12.4. The number of carbonyl (C=O) groups is 1. The van der Waals surface area contributed by atoms with E-state index >= 15 is 0 Å². The normalized spacial score (nSPS) is 12.5. The summed E-state index contributed by atoms with van der Waals surface area (Å²) < 4.78 is 5.42.